The molecule has 1 heterocycles. The maximum atomic E-state index is 4.61. The SMILES string of the molecule is Cn1c(C2CCCCC2)nnc1C1(c2ccccc2)CC1. The monoisotopic (exact) mass is 281 g/mol. The van der Waals surface area contributed by atoms with Crippen molar-refractivity contribution in [3.05, 3.63) is 47.5 Å². The molecule has 0 atom stereocenters. The molecule has 3 nitrogen and oxygen atoms in total. The summed E-state index contributed by atoms with van der Waals surface area (Å²) >= 11 is 0. The minimum atomic E-state index is 0.135. The van der Waals surface area contributed by atoms with E-state index in [4.69, 9.17) is 0 Å². The summed E-state index contributed by atoms with van der Waals surface area (Å²) < 4.78 is 2.30. The van der Waals surface area contributed by atoms with Crippen LogP contribution in [0.3, 0.4) is 0 Å². The molecule has 21 heavy (non-hydrogen) atoms. The van der Waals surface area contributed by atoms with E-state index in [0.29, 0.717) is 5.92 Å². The fourth-order valence-corrected chi connectivity index (χ4v) is 4.00. The lowest BCUT2D eigenvalue weighted by molar-refractivity contribution is 0.419. The zero-order valence-electron chi connectivity index (χ0n) is 12.8. The fraction of sp³-hybridized carbons (Fsp3) is 0.556. The molecule has 3 heteroatoms. The molecule has 2 aliphatic rings. The highest BCUT2D eigenvalue weighted by atomic mass is 15.3. The molecule has 0 spiro atoms. The quantitative estimate of drug-likeness (QED) is 0.853. The Morgan fingerprint density at radius 1 is 1.00 bits per heavy atom. The van der Waals surface area contributed by atoms with Crippen LogP contribution in [0.1, 0.15) is 68.1 Å². The molecule has 0 aliphatic heterocycles. The first-order valence-electron chi connectivity index (χ1n) is 8.26. The van der Waals surface area contributed by atoms with Gasteiger partial charge < -0.3 is 4.57 Å². The van der Waals surface area contributed by atoms with Gasteiger partial charge in [0.1, 0.15) is 11.6 Å². The molecule has 110 valence electrons. The van der Waals surface area contributed by atoms with E-state index in [-0.39, 0.29) is 5.41 Å². The van der Waals surface area contributed by atoms with Crippen LogP contribution in [0, 0.1) is 0 Å². The predicted molar refractivity (Wildman–Crippen MR) is 83.3 cm³/mol. The van der Waals surface area contributed by atoms with Gasteiger partial charge in [-0.3, -0.25) is 0 Å². The van der Waals surface area contributed by atoms with Crippen molar-refractivity contribution in [1.82, 2.24) is 14.8 Å². The molecule has 0 N–H and O–H groups in total. The Morgan fingerprint density at radius 3 is 2.38 bits per heavy atom. The summed E-state index contributed by atoms with van der Waals surface area (Å²) in [4.78, 5) is 0. The van der Waals surface area contributed by atoms with Crippen molar-refractivity contribution in [1.29, 1.82) is 0 Å². The molecule has 1 aromatic carbocycles. The normalized spacial score (nSPS) is 21.4. The average Bonchev–Trinajstić information content (AvgIpc) is 3.26. The number of rotatable bonds is 3. The van der Waals surface area contributed by atoms with Crippen LogP contribution >= 0.6 is 0 Å². The van der Waals surface area contributed by atoms with Crippen molar-refractivity contribution in [2.45, 2.75) is 56.3 Å². The fourth-order valence-electron chi connectivity index (χ4n) is 4.00. The first kappa shape index (κ1) is 13.1. The van der Waals surface area contributed by atoms with E-state index >= 15 is 0 Å². The maximum Gasteiger partial charge on any atom is 0.143 e. The third-order valence-corrected chi connectivity index (χ3v) is 5.38. The van der Waals surface area contributed by atoms with E-state index in [0.717, 1.165) is 0 Å². The van der Waals surface area contributed by atoms with Crippen LogP contribution in [0.25, 0.3) is 0 Å². The van der Waals surface area contributed by atoms with Crippen LogP contribution < -0.4 is 0 Å². The van der Waals surface area contributed by atoms with Crippen LogP contribution in [0.4, 0.5) is 0 Å². The maximum absolute atomic E-state index is 4.61. The zero-order valence-corrected chi connectivity index (χ0v) is 12.8. The Balaban J connectivity index is 1.69. The van der Waals surface area contributed by atoms with Crippen molar-refractivity contribution in [3.63, 3.8) is 0 Å². The van der Waals surface area contributed by atoms with Gasteiger partial charge in [-0.15, -0.1) is 10.2 Å². The van der Waals surface area contributed by atoms with Crippen molar-refractivity contribution < 1.29 is 0 Å². The summed E-state index contributed by atoms with van der Waals surface area (Å²) in [5.74, 6) is 3.01. The first-order chi connectivity index (χ1) is 10.3. The van der Waals surface area contributed by atoms with E-state index in [2.05, 4.69) is 52.1 Å². The molecule has 0 bridgehead atoms. The van der Waals surface area contributed by atoms with Crippen LogP contribution in [0.2, 0.25) is 0 Å². The predicted octanol–water partition coefficient (Wildman–Crippen LogP) is 3.94. The molecule has 2 saturated carbocycles. The van der Waals surface area contributed by atoms with Crippen molar-refractivity contribution in [2.75, 3.05) is 0 Å². The highest BCUT2D eigenvalue weighted by molar-refractivity contribution is 5.39. The smallest absolute Gasteiger partial charge is 0.143 e. The number of hydrogen-bond acceptors (Lipinski definition) is 2. The Morgan fingerprint density at radius 2 is 1.71 bits per heavy atom. The number of aromatic nitrogens is 3. The van der Waals surface area contributed by atoms with E-state index in [1.807, 2.05) is 0 Å². The van der Waals surface area contributed by atoms with Crippen molar-refractivity contribution in [2.24, 2.45) is 7.05 Å². The lowest BCUT2D eigenvalue weighted by Crippen LogP contribution is -2.17. The van der Waals surface area contributed by atoms with E-state index in [1.54, 1.807) is 0 Å². The molecule has 2 fully saturated rings. The second-order valence-corrected chi connectivity index (χ2v) is 6.72. The zero-order chi connectivity index (χ0) is 14.3. The summed E-state index contributed by atoms with van der Waals surface area (Å²) in [7, 11) is 2.17. The molecular weight excluding hydrogens is 258 g/mol. The van der Waals surface area contributed by atoms with E-state index in [1.165, 1.54) is 62.2 Å². The summed E-state index contributed by atoms with van der Waals surface area (Å²) in [5.41, 5.74) is 1.53. The number of hydrogen-bond donors (Lipinski definition) is 0. The van der Waals surface area contributed by atoms with Gasteiger partial charge >= 0.3 is 0 Å². The molecule has 2 aliphatic carbocycles. The molecule has 0 unspecified atom stereocenters. The molecule has 4 rings (SSSR count). The van der Waals surface area contributed by atoms with Crippen LogP contribution in [-0.2, 0) is 12.5 Å². The summed E-state index contributed by atoms with van der Waals surface area (Å²) in [5, 5.41) is 9.20. The van der Waals surface area contributed by atoms with Gasteiger partial charge in [-0.2, -0.15) is 0 Å². The standard InChI is InChI=1S/C18H23N3/c1-21-16(14-8-4-2-5-9-14)19-20-17(21)18(12-13-18)15-10-6-3-7-11-15/h3,6-7,10-11,14H,2,4-5,8-9,12-13H2,1H3. The number of benzene rings is 1. The van der Waals surface area contributed by atoms with E-state index < -0.39 is 0 Å². The number of nitrogens with zero attached hydrogens (tertiary/aromatic N) is 3. The van der Waals surface area contributed by atoms with Gasteiger partial charge in [0.25, 0.3) is 0 Å². The Kier molecular flexibility index (Phi) is 3.09. The minimum absolute atomic E-state index is 0.135. The third-order valence-electron chi connectivity index (χ3n) is 5.38. The second-order valence-electron chi connectivity index (χ2n) is 6.72. The Bertz CT molecular complexity index is 619. The van der Waals surface area contributed by atoms with Crippen molar-refractivity contribution in [3.8, 4) is 0 Å². The average molecular weight is 281 g/mol. The molecule has 0 amide bonds. The van der Waals surface area contributed by atoms with Crippen LogP contribution in [0.5, 0.6) is 0 Å². The lowest BCUT2D eigenvalue weighted by Gasteiger charge is -2.21. The van der Waals surface area contributed by atoms with Gasteiger partial charge in [-0.25, -0.2) is 0 Å². The second kappa shape index (κ2) is 4.97. The van der Waals surface area contributed by atoms with Crippen LogP contribution in [-0.4, -0.2) is 14.8 Å². The van der Waals surface area contributed by atoms with Crippen molar-refractivity contribution >= 4 is 0 Å². The summed E-state index contributed by atoms with van der Waals surface area (Å²) in [6.45, 7) is 0. The van der Waals surface area contributed by atoms with Crippen LogP contribution in [0.15, 0.2) is 30.3 Å². The summed E-state index contributed by atoms with van der Waals surface area (Å²) in [6.07, 6.45) is 9.04. The molecule has 0 saturated heterocycles. The minimum Gasteiger partial charge on any atom is -0.317 e. The van der Waals surface area contributed by atoms with E-state index in [9.17, 15) is 0 Å². The van der Waals surface area contributed by atoms with Gasteiger partial charge in [-0.05, 0) is 31.2 Å². The largest absolute Gasteiger partial charge is 0.317 e. The molecule has 0 radical (unpaired) electrons. The third kappa shape index (κ3) is 2.10. The molecule has 2 aromatic rings. The molecular formula is C18H23N3. The van der Waals surface area contributed by atoms with Gasteiger partial charge in [0, 0.05) is 13.0 Å². The van der Waals surface area contributed by atoms with Gasteiger partial charge in [0.15, 0.2) is 0 Å². The Hall–Kier alpha value is -1.64. The molecule has 1 aromatic heterocycles. The first-order valence-corrected chi connectivity index (χ1v) is 8.26. The summed E-state index contributed by atoms with van der Waals surface area (Å²) in [6, 6.07) is 10.8. The topological polar surface area (TPSA) is 30.7 Å². The van der Waals surface area contributed by atoms with Gasteiger partial charge in [-0.1, -0.05) is 49.6 Å². The highest BCUT2D eigenvalue weighted by Gasteiger charge is 2.50. The highest BCUT2D eigenvalue weighted by Crippen LogP contribution is 2.53. The Labute approximate surface area is 126 Å². The van der Waals surface area contributed by atoms with Gasteiger partial charge in [0.2, 0.25) is 0 Å². The lowest BCUT2D eigenvalue weighted by atomic mass is 9.88. The van der Waals surface area contributed by atoms with Gasteiger partial charge in [0.05, 0.1) is 5.41 Å².